The fourth-order valence-electron chi connectivity index (χ4n) is 1.86. The molecule has 94 valence electrons. The van der Waals surface area contributed by atoms with Gasteiger partial charge >= 0.3 is 0 Å². The number of rotatable bonds is 7. The standard InChI is InChI=1S/C13H22N4/c1-3-9-17(4-2)13-8-7-12(15-16-13)10-14-11-5-6-11/h7-8,11,14H,3-6,9-10H2,1-2H3. The average Bonchev–Trinajstić information content (AvgIpc) is 3.18. The van der Waals surface area contributed by atoms with Crippen LogP contribution in [0.4, 0.5) is 5.82 Å². The van der Waals surface area contributed by atoms with E-state index in [0.29, 0.717) is 0 Å². The fourth-order valence-corrected chi connectivity index (χ4v) is 1.86. The lowest BCUT2D eigenvalue weighted by molar-refractivity contribution is 0.662. The Bertz CT molecular complexity index is 332. The number of hydrogen-bond donors (Lipinski definition) is 1. The van der Waals surface area contributed by atoms with E-state index in [1.807, 2.05) is 0 Å². The van der Waals surface area contributed by atoms with Gasteiger partial charge in [-0.2, -0.15) is 5.10 Å². The van der Waals surface area contributed by atoms with Gasteiger partial charge in [-0.25, -0.2) is 0 Å². The second-order valence-electron chi connectivity index (χ2n) is 4.62. The molecular weight excluding hydrogens is 212 g/mol. The highest BCUT2D eigenvalue weighted by Crippen LogP contribution is 2.19. The number of anilines is 1. The number of nitrogens with zero attached hydrogens (tertiary/aromatic N) is 3. The lowest BCUT2D eigenvalue weighted by Crippen LogP contribution is -2.25. The van der Waals surface area contributed by atoms with Crippen molar-refractivity contribution >= 4 is 5.82 Å². The Kier molecular flexibility index (Phi) is 4.31. The summed E-state index contributed by atoms with van der Waals surface area (Å²) in [6, 6.07) is 4.88. The molecule has 0 aromatic carbocycles. The van der Waals surface area contributed by atoms with Crippen LogP contribution in [0.3, 0.4) is 0 Å². The summed E-state index contributed by atoms with van der Waals surface area (Å²) >= 11 is 0. The van der Waals surface area contributed by atoms with Crippen molar-refractivity contribution in [2.24, 2.45) is 0 Å². The first-order valence-electron chi connectivity index (χ1n) is 6.64. The Labute approximate surface area is 103 Å². The minimum atomic E-state index is 0.726. The van der Waals surface area contributed by atoms with Crippen molar-refractivity contribution in [2.75, 3.05) is 18.0 Å². The molecule has 4 heteroatoms. The van der Waals surface area contributed by atoms with Gasteiger partial charge in [0, 0.05) is 25.7 Å². The molecule has 1 fully saturated rings. The summed E-state index contributed by atoms with van der Waals surface area (Å²) < 4.78 is 0. The van der Waals surface area contributed by atoms with E-state index in [9.17, 15) is 0 Å². The first kappa shape index (κ1) is 12.3. The molecule has 0 aliphatic heterocycles. The largest absolute Gasteiger partial charge is 0.355 e. The summed E-state index contributed by atoms with van der Waals surface area (Å²) in [5.41, 5.74) is 1.04. The van der Waals surface area contributed by atoms with Crippen LogP contribution in [0.5, 0.6) is 0 Å². The molecule has 0 atom stereocenters. The van der Waals surface area contributed by atoms with Crippen molar-refractivity contribution in [3.63, 3.8) is 0 Å². The number of hydrogen-bond acceptors (Lipinski definition) is 4. The van der Waals surface area contributed by atoms with Crippen LogP contribution in [-0.2, 0) is 6.54 Å². The molecule has 1 aromatic heterocycles. The van der Waals surface area contributed by atoms with Crippen molar-refractivity contribution < 1.29 is 0 Å². The van der Waals surface area contributed by atoms with Crippen molar-refractivity contribution in [2.45, 2.75) is 45.7 Å². The molecule has 0 unspecified atom stereocenters. The minimum absolute atomic E-state index is 0.726. The van der Waals surface area contributed by atoms with Gasteiger partial charge in [-0.3, -0.25) is 0 Å². The first-order chi connectivity index (χ1) is 8.33. The monoisotopic (exact) mass is 234 g/mol. The molecule has 17 heavy (non-hydrogen) atoms. The Morgan fingerprint density at radius 3 is 2.65 bits per heavy atom. The summed E-state index contributed by atoms with van der Waals surface area (Å²) in [5, 5.41) is 12.0. The summed E-state index contributed by atoms with van der Waals surface area (Å²) in [4.78, 5) is 2.26. The predicted octanol–water partition coefficient (Wildman–Crippen LogP) is 1.96. The zero-order chi connectivity index (χ0) is 12.1. The molecule has 0 amide bonds. The average molecular weight is 234 g/mol. The van der Waals surface area contributed by atoms with Crippen LogP contribution in [0, 0.1) is 0 Å². The third-order valence-corrected chi connectivity index (χ3v) is 3.05. The normalized spacial score (nSPS) is 14.9. The van der Waals surface area contributed by atoms with E-state index in [4.69, 9.17) is 0 Å². The molecule has 1 saturated carbocycles. The molecule has 1 heterocycles. The molecule has 1 N–H and O–H groups in total. The highest BCUT2D eigenvalue weighted by atomic mass is 15.3. The zero-order valence-corrected chi connectivity index (χ0v) is 10.8. The van der Waals surface area contributed by atoms with Gasteiger partial charge in [0.25, 0.3) is 0 Å². The van der Waals surface area contributed by atoms with E-state index in [0.717, 1.165) is 43.6 Å². The molecule has 1 aliphatic rings. The molecule has 0 bridgehead atoms. The van der Waals surface area contributed by atoms with Crippen LogP contribution in [0.2, 0.25) is 0 Å². The van der Waals surface area contributed by atoms with Gasteiger partial charge in [-0.15, -0.1) is 5.10 Å². The van der Waals surface area contributed by atoms with Crippen molar-refractivity contribution in [3.05, 3.63) is 17.8 Å². The van der Waals surface area contributed by atoms with Gasteiger partial charge in [-0.1, -0.05) is 6.92 Å². The third kappa shape index (κ3) is 3.66. The van der Waals surface area contributed by atoms with Gasteiger partial charge in [0.15, 0.2) is 5.82 Å². The van der Waals surface area contributed by atoms with Gasteiger partial charge in [-0.05, 0) is 38.3 Å². The highest BCUT2D eigenvalue weighted by Gasteiger charge is 2.20. The molecule has 4 nitrogen and oxygen atoms in total. The molecule has 0 saturated heterocycles. The maximum atomic E-state index is 4.30. The Morgan fingerprint density at radius 1 is 1.29 bits per heavy atom. The van der Waals surface area contributed by atoms with Gasteiger partial charge < -0.3 is 10.2 Å². The van der Waals surface area contributed by atoms with Crippen LogP contribution in [0.1, 0.15) is 38.8 Å². The van der Waals surface area contributed by atoms with E-state index in [2.05, 4.69) is 46.4 Å². The van der Waals surface area contributed by atoms with E-state index in [1.54, 1.807) is 0 Å². The second kappa shape index (κ2) is 5.96. The van der Waals surface area contributed by atoms with Gasteiger partial charge in [0.2, 0.25) is 0 Å². The van der Waals surface area contributed by atoms with Crippen molar-refractivity contribution in [1.82, 2.24) is 15.5 Å². The van der Waals surface area contributed by atoms with E-state index in [-0.39, 0.29) is 0 Å². The maximum Gasteiger partial charge on any atom is 0.151 e. The molecule has 1 aliphatic carbocycles. The smallest absolute Gasteiger partial charge is 0.151 e. The molecular formula is C13H22N4. The Morgan fingerprint density at radius 2 is 2.12 bits per heavy atom. The molecule has 0 spiro atoms. The molecule has 2 rings (SSSR count). The summed E-state index contributed by atoms with van der Waals surface area (Å²) in [7, 11) is 0. The second-order valence-corrected chi connectivity index (χ2v) is 4.62. The number of aromatic nitrogens is 2. The first-order valence-corrected chi connectivity index (χ1v) is 6.64. The molecule has 1 aromatic rings. The lowest BCUT2D eigenvalue weighted by atomic mass is 10.3. The summed E-state index contributed by atoms with van der Waals surface area (Å²) in [5.74, 6) is 0.990. The number of nitrogens with one attached hydrogen (secondary N) is 1. The van der Waals surface area contributed by atoms with Crippen molar-refractivity contribution in [3.8, 4) is 0 Å². The molecule has 0 radical (unpaired) electrons. The Balaban J connectivity index is 1.90. The van der Waals surface area contributed by atoms with E-state index in [1.165, 1.54) is 12.8 Å². The van der Waals surface area contributed by atoms with E-state index < -0.39 is 0 Å². The SMILES string of the molecule is CCCN(CC)c1ccc(CNC2CC2)nn1. The summed E-state index contributed by atoms with van der Waals surface area (Å²) in [6.07, 6.45) is 3.76. The van der Waals surface area contributed by atoms with Gasteiger partial charge in [0.05, 0.1) is 5.69 Å². The van der Waals surface area contributed by atoms with Crippen LogP contribution in [0.25, 0.3) is 0 Å². The highest BCUT2D eigenvalue weighted by molar-refractivity contribution is 5.36. The van der Waals surface area contributed by atoms with Crippen LogP contribution in [0.15, 0.2) is 12.1 Å². The maximum absolute atomic E-state index is 4.30. The zero-order valence-electron chi connectivity index (χ0n) is 10.8. The van der Waals surface area contributed by atoms with E-state index >= 15 is 0 Å². The quantitative estimate of drug-likeness (QED) is 0.783. The topological polar surface area (TPSA) is 41.0 Å². The van der Waals surface area contributed by atoms with Crippen LogP contribution in [-0.4, -0.2) is 29.3 Å². The van der Waals surface area contributed by atoms with Crippen LogP contribution < -0.4 is 10.2 Å². The predicted molar refractivity (Wildman–Crippen MR) is 70.1 cm³/mol. The van der Waals surface area contributed by atoms with Gasteiger partial charge in [0.1, 0.15) is 0 Å². The minimum Gasteiger partial charge on any atom is -0.355 e. The third-order valence-electron chi connectivity index (χ3n) is 3.05. The summed E-state index contributed by atoms with van der Waals surface area (Å²) in [6.45, 7) is 7.22. The Hall–Kier alpha value is -1.16. The fraction of sp³-hybridized carbons (Fsp3) is 0.692. The van der Waals surface area contributed by atoms with Crippen LogP contribution >= 0.6 is 0 Å². The van der Waals surface area contributed by atoms with Crippen molar-refractivity contribution in [1.29, 1.82) is 0 Å². The lowest BCUT2D eigenvalue weighted by Gasteiger charge is -2.20.